The summed E-state index contributed by atoms with van der Waals surface area (Å²) in [6.45, 7) is 1.77. The monoisotopic (exact) mass is 369 g/mol. The average Bonchev–Trinajstić information content (AvgIpc) is 3.22. The van der Waals surface area contributed by atoms with E-state index in [0.717, 1.165) is 0 Å². The molecule has 4 rings (SSSR count). The number of nitrogens with one attached hydrogen (secondary N) is 1. The van der Waals surface area contributed by atoms with E-state index in [2.05, 4.69) is 10.3 Å². The van der Waals surface area contributed by atoms with Gasteiger partial charge in [0, 0.05) is 28.2 Å². The number of carbonyl (C=O) groups is 1. The maximum atomic E-state index is 14.4. The Morgan fingerprint density at radius 1 is 1.15 bits per heavy atom. The lowest BCUT2D eigenvalue weighted by Crippen LogP contribution is -2.10. The van der Waals surface area contributed by atoms with Crippen LogP contribution in [0.1, 0.15) is 15.5 Å². The van der Waals surface area contributed by atoms with Crippen molar-refractivity contribution in [2.45, 2.75) is 6.92 Å². The van der Waals surface area contributed by atoms with Crippen LogP contribution in [0.4, 0.5) is 14.5 Å². The molecular weight excluding hydrogens is 356 g/mol. The van der Waals surface area contributed by atoms with Gasteiger partial charge in [0.05, 0.1) is 10.6 Å². The van der Waals surface area contributed by atoms with Crippen LogP contribution in [0, 0.1) is 18.6 Å². The summed E-state index contributed by atoms with van der Waals surface area (Å²) in [5.41, 5.74) is 0.675. The van der Waals surface area contributed by atoms with Crippen LogP contribution in [0.15, 0.2) is 54.9 Å². The molecular formula is C19H13F2N3OS. The third-order valence-corrected chi connectivity index (χ3v) is 5.12. The molecule has 2 heterocycles. The van der Waals surface area contributed by atoms with Crippen LogP contribution >= 0.6 is 11.3 Å². The summed E-state index contributed by atoms with van der Waals surface area (Å²) in [5.74, 6) is -0.597. The van der Waals surface area contributed by atoms with E-state index < -0.39 is 11.7 Å². The van der Waals surface area contributed by atoms with Gasteiger partial charge in [0.1, 0.15) is 17.5 Å². The number of amides is 1. The van der Waals surface area contributed by atoms with E-state index in [1.807, 2.05) is 0 Å². The number of aromatic nitrogens is 2. The molecule has 4 nitrogen and oxygen atoms in total. The molecule has 0 saturated carbocycles. The molecule has 0 aliphatic carbocycles. The number of aryl methyl sites for hydroxylation is 1. The zero-order chi connectivity index (χ0) is 18.3. The van der Waals surface area contributed by atoms with Gasteiger partial charge in [-0.25, -0.2) is 13.8 Å². The highest BCUT2D eigenvalue weighted by Gasteiger charge is 2.14. The first-order valence-corrected chi connectivity index (χ1v) is 8.64. The second-order valence-electron chi connectivity index (χ2n) is 5.73. The van der Waals surface area contributed by atoms with E-state index in [0.29, 0.717) is 32.2 Å². The number of thiophene rings is 1. The molecule has 0 aliphatic heterocycles. The number of benzene rings is 2. The third-order valence-electron chi connectivity index (χ3n) is 4.02. The zero-order valence-electron chi connectivity index (χ0n) is 13.7. The third kappa shape index (κ3) is 2.86. The standard InChI is InChI=1S/C19H13F2N3OS/c1-11-22-7-8-24(11)16-6-5-12(9-15(16)21)23-19(25)18-10-13-14(20)3-2-4-17(13)26-18/h2-10H,1H3,(H,23,25). The molecule has 0 saturated heterocycles. The van der Waals surface area contributed by atoms with Gasteiger partial charge in [-0.15, -0.1) is 11.3 Å². The molecule has 0 spiro atoms. The van der Waals surface area contributed by atoms with Crippen LogP contribution in [-0.2, 0) is 0 Å². The Morgan fingerprint density at radius 3 is 2.69 bits per heavy atom. The quantitative estimate of drug-likeness (QED) is 0.557. The second-order valence-corrected chi connectivity index (χ2v) is 6.81. The van der Waals surface area contributed by atoms with Crippen molar-refractivity contribution in [3.05, 3.63) is 77.2 Å². The Hall–Kier alpha value is -3.06. The molecule has 7 heteroatoms. The predicted octanol–water partition coefficient (Wildman–Crippen LogP) is 4.93. The summed E-state index contributed by atoms with van der Waals surface area (Å²) in [5, 5.41) is 3.05. The lowest BCUT2D eigenvalue weighted by atomic mass is 10.2. The molecule has 2 aromatic heterocycles. The Bertz CT molecular complexity index is 1130. The van der Waals surface area contributed by atoms with Crippen LogP contribution < -0.4 is 5.32 Å². The van der Waals surface area contributed by atoms with E-state index in [-0.39, 0.29) is 5.82 Å². The first-order valence-electron chi connectivity index (χ1n) is 7.82. The van der Waals surface area contributed by atoms with Gasteiger partial charge < -0.3 is 9.88 Å². The maximum absolute atomic E-state index is 14.4. The molecule has 0 radical (unpaired) electrons. The molecule has 130 valence electrons. The highest BCUT2D eigenvalue weighted by atomic mass is 32.1. The first-order chi connectivity index (χ1) is 12.5. The summed E-state index contributed by atoms with van der Waals surface area (Å²) < 4.78 is 30.5. The molecule has 0 aliphatic rings. The predicted molar refractivity (Wildman–Crippen MR) is 98.0 cm³/mol. The number of imidazole rings is 1. The van der Waals surface area contributed by atoms with Crippen molar-refractivity contribution in [2.24, 2.45) is 0 Å². The van der Waals surface area contributed by atoms with Gasteiger partial charge in [-0.3, -0.25) is 4.79 Å². The van der Waals surface area contributed by atoms with Crippen molar-refractivity contribution in [1.29, 1.82) is 0 Å². The van der Waals surface area contributed by atoms with Crippen molar-refractivity contribution in [3.63, 3.8) is 0 Å². The molecule has 0 unspecified atom stereocenters. The molecule has 4 aromatic rings. The maximum Gasteiger partial charge on any atom is 0.265 e. The topological polar surface area (TPSA) is 46.9 Å². The van der Waals surface area contributed by atoms with E-state index in [9.17, 15) is 13.6 Å². The number of anilines is 1. The fourth-order valence-electron chi connectivity index (χ4n) is 2.74. The minimum absolute atomic E-state index is 0.326. The highest BCUT2D eigenvalue weighted by molar-refractivity contribution is 7.20. The Morgan fingerprint density at radius 2 is 2.00 bits per heavy atom. The largest absolute Gasteiger partial charge is 0.321 e. The van der Waals surface area contributed by atoms with Crippen LogP contribution in [0.5, 0.6) is 0 Å². The molecule has 0 atom stereocenters. The molecule has 2 aromatic carbocycles. The minimum atomic E-state index is -0.480. The normalized spacial score (nSPS) is 11.0. The molecule has 1 N–H and O–H groups in total. The zero-order valence-corrected chi connectivity index (χ0v) is 14.5. The van der Waals surface area contributed by atoms with Gasteiger partial charge in [0.15, 0.2) is 0 Å². The molecule has 26 heavy (non-hydrogen) atoms. The van der Waals surface area contributed by atoms with E-state index in [1.54, 1.807) is 48.1 Å². The average molecular weight is 369 g/mol. The highest BCUT2D eigenvalue weighted by Crippen LogP contribution is 2.28. The minimum Gasteiger partial charge on any atom is -0.321 e. The second kappa shape index (κ2) is 6.34. The Kier molecular flexibility index (Phi) is 4.00. The lowest BCUT2D eigenvalue weighted by molar-refractivity contribution is 0.103. The number of halogens is 2. The summed E-state index contributed by atoms with van der Waals surface area (Å²) in [6, 6.07) is 10.6. The van der Waals surface area contributed by atoms with Gasteiger partial charge in [-0.05, 0) is 43.3 Å². The molecule has 1 amide bonds. The van der Waals surface area contributed by atoms with E-state index >= 15 is 0 Å². The Labute approximate surface area is 151 Å². The van der Waals surface area contributed by atoms with Crippen molar-refractivity contribution < 1.29 is 13.6 Å². The van der Waals surface area contributed by atoms with Crippen molar-refractivity contribution >= 4 is 33.0 Å². The van der Waals surface area contributed by atoms with E-state index in [4.69, 9.17) is 0 Å². The summed E-state index contributed by atoms with van der Waals surface area (Å²) in [6.07, 6.45) is 3.25. The van der Waals surface area contributed by atoms with Crippen molar-refractivity contribution in [2.75, 3.05) is 5.32 Å². The van der Waals surface area contributed by atoms with Crippen molar-refractivity contribution in [1.82, 2.24) is 9.55 Å². The van der Waals surface area contributed by atoms with Crippen molar-refractivity contribution in [3.8, 4) is 5.69 Å². The fraction of sp³-hybridized carbons (Fsp3) is 0.0526. The molecule has 0 bridgehead atoms. The molecule has 0 fully saturated rings. The summed E-state index contributed by atoms with van der Waals surface area (Å²) in [7, 11) is 0. The number of hydrogen-bond donors (Lipinski definition) is 1. The van der Waals surface area contributed by atoms with Gasteiger partial charge in [0.2, 0.25) is 0 Å². The van der Waals surface area contributed by atoms with Gasteiger partial charge in [0.25, 0.3) is 5.91 Å². The van der Waals surface area contributed by atoms with Gasteiger partial charge >= 0.3 is 0 Å². The fourth-order valence-corrected chi connectivity index (χ4v) is 3.71. The van der Waals surface area contributed by atoms with Crippen LogP contribution in [0.2, 0.25) is 0 Å². The van der Waals surface area contributed by atoms with Crippen LogP contribution in [0.25, 0.3) is 15.8 Å². The number of fused-ring (bicyclic) bond motifs is 1. The number of hydrogen-bond acceptors (Lipinski definition) is 3. The Balaban J connectivity index is 1.60. The van der Waals surface area contributed by atoms with Gasteiger partial charge in [-0.1, -0.05) is 6.07 Å². The summed E-state index contributed by atoms with van der Waals surface area (Å²) >= 11 is 1.19. The van der Waals surface area contributed by atoms with E-state index in [1.165, 1.54) is 29.5 Å². The smallest absolute Gasteiger partial charge is 0.265 e. The first kappa shape index (κ1) is 16.4. The number of carbonyl (C=O) groups excluding carboxylic acids is 1. The van der Waals surface area contributed by atoms with Crippen LogP contribution in [-0.4, -0.2) is 15.5 Å². The van der Waals surface area contributed by atoms with Crippen LogP contribution in [0.3, 0.4) is 0 Å². The lowest BCUT2D eigenvalue weighted by Gasteiger charge is -2.09. The summed E-state index contributed by atoms with van der Waals surface area (Å²) in [4.78, 5) is 16.8. The number of nitrogens with zero attached hydrogens (tertiary/aromatic N) is 2. The van der Waals surface area contributed by atoms with Gasteiger partial charge in [-0.2, -0.15) is 0 Å². The SMILES string of the molecule is Cc1nccn1-c1ccc(NC(=O)c2cc3c(F)cccc3s2)cc1F. The number of rotatable bonds is 3.